The molecule has 3 aromatic heterocycles. The van der Waals surface area contributed by atoms with E-state index < -0.39 is 12.5 Å². The van der Waals surface area contributed by atoms with E-state index in [-0.39, 0.29) is 0 Å². The van der Waals surface area contributed by atoms with E-state index in [0.29, 0.717) is 11.9 Å². The summed E-state index contributed by atoms with van der Waals surface area (Å²) in [4.78, 5) is 4.56. The molecule has 4 aromatic rings. The van der Waals surface area contributed by atoms with E-state index in [4.69, 9.17) is 0 Å². The van der Waals surface area contributed by atoms with Crippen LogP contribution in [0.1, 0.15) is 25.8 Å². The summed E-state index contributed by atoms with van der Waals surface area (Å²) in [6.45, 7) is 6.17. The summed E-state index contributed by atoms with van der Waals surface area (Å²) < 4.78 is 30.0. The number of hydrogen-bond donors (Lipinski definition) is 3. The van der Waals surface area contributed by atoms with Crippen LogP contribution < -0.4 is 16.0 Å². The van der Waals surface area contributed by atoms with Gasteiger partial charge < -0.3 is 16.0 Å². The summed E-state index contributed by atoms with van der Waals surface area (Å²) in [7, 11) is 0. The van der Waals surface area contributed by atoms with Crippen molar-refractivity contribution in [2.45, 2.75) is 31.7 Å². The largest absolute Gasteiger partial charge is 0.366 e. The van der Waals surface area contributed by atoms with Crippen LogP contribution in [0, 0.1) is 0 Å². The van der Waals surface area contributed by atoms with Crippen LogP contribution >= 0.6 is 0 Å². The Morgan fingerprint density at radius 1 is 1.11 bits per heavy atom. The molecule has 182 valence electrons. The Bertz CT molecular complexity index is 1330. The molecule has 0 aliphatic carbocycles. The van der Waals surface area contributed by atoms with Gasteiger partial charge >= 0.3 is 0 Å². The number of nitrogens with zero attached hydrogens (tertiary/aromatic N) is 5. The summed E-state index contributed by atoms with van der Waals surface area (Å²) in [6.07, 6.45) is 9.70. The molecular weight excluding hydrogens is 450 g/mol. The molecule has 0 spiro atoms. The molecule has 0 atom stereocenters. The van der Waals surface area contributed by atoms with Gasteiger partial charge in [0.1, 0.15) is 0 Å². The molecule has 3 N–H and O–H groups in total. The van der Waals surface area contributed by atoms with Gasteiger partial charge in [-0.05, 0) is 44.1 Å². The van der Waals surface area contributed by atoms with Crippen molar-refractivity contribution in [3.63, 3.8) is 0 Å². The summed E-state index contributed by atoms with van der Waals surface area (Å²) in [5.74, 6) is -2.52. The number of benzene rings is 1. The fourth-order valence-electron chi connectivity index (χ4n) is 4.23. The molecule has 4 heterocycles. The lowest BCUT2D eigenvalue weighted by molar-refractivity contribution is 0.0253. The van der Waals surface area contributed by atoms with E-state index in [9.17, 15) is 8.78 Å². The number of alkyl halides is 2. The predicted octanol–water partition coefficient (Wildman–Crippen LogP) is 4.31. The van der Waals surface area contributed by atoms with Gasteiger partial charge in [0.25, 0.3) is 5.92 Å². The van der Waals surface area contributed by atoms with Crippen LogP contribution in [0.25, 0.3) is 28.0 Å². The molecule has 0 saturated carbocycles. The highest BCUT2D eigenvalue weighted by molar-refractivity contribution is 5.71. The number of halogens is 2. The zero-order valence-electron chi connectivity index (χ0n) is 19.5. The molecule has 1 fully saturated rings. The van der Waals surface area contributed by atoms with Gasteiger partial charge in [-0.15, -0.1) is 0 Å². The van der Waals surface area contributed by atoms with Crippen LogP contribution in [0.3, 0.4) is 0 Å². The molecular formula is C25H28F2N8. The molecule has 0 radical (unpaired) electrons. The van der Waals surface area contributed by atoms with Crippen molar-refractivity contribution in [1.29, 1.82) is 0 Å². The van der Waals surface area contributed by atoms with E-state index >= 15 is 0 Å². The van der Waals surface area contributed by atoms with Crippen molar-refractivity contribution in [2.24, 2.45) is 0 Å². The Morgan fingerprint density at radius 2 is 1.91 bits per heavy atom. The monoisotopic (exact) mass is 478 g/mol. The quantitative estimate of drug-likeness (QED) is 0.350. The van der Waals surface area contributed by atoms with Gasteiger partial charge in [0.2, 0.25) is 0 Å². The number of fused-ring (bicyclic) bond motifs is 1. The van der Waals surface area contributed by atoms with Crippen molar-refractivity contribution in [3.05, 3.63) is 67.5 Å². The minimum atomic E-state index is -2.82. The predicted molar refractivity (Wildman–Crippen MR) is 132 cm³/mol. The van der Waals surface area contributed by atoms with E-state index in [1.165, 1.54) is 0 Å². The lowest BCUT2D eigenvalue weighted by atomic mass is 10.1. The molecule has 5 rings (SSSR count). The summed E-state index contributed by atoms with van der Waals surface area (Å²) in [6, 6.07) is 9.99. The van der Waals surface area contributed by atoms with Crippen LogP contribution in [-0.2, 0) is 0 Å². The molecule has 8 nitrogen and oxygen atoms in total. The third kappa shape index (κ3) is 5.32. The first-order valence-electron chi connectivity index (χ1n) is 11.6. The van der Waals surface area contributed by atoms with Crippen molar-refractivity contribution in [2.75, 3.05) is 25.0 Å². The van der Waals surface area contributed by atoms with Crippen molar-refractivity contribution >= 4 is 11.3 Å². The van der Waals surface area contributed by atoms with Crippen LogP contribution in [0.15, 0.2) is 67.5 Å². The van der Waals surface area contributed by atoms with E-state index in [1.807, 2.05) is 42.7 Å². The lowest BCUT2D eigenvalue weighted by Gasteiger charge is -2.22. The van der Waals surface area contributed by atoms with Gasteiger partial charge in [0.05, 0.1) is 42.7 Å². The maximum Gasteiger partial charge on any atom is 0.262 e. The third-order valence-electron chi connectivity index (χ3n) is 6.04. The average Bonchev–Trinajstić information content (AvgIpc) is 3.50. The Balaban J connectivity index is 1.34. The standard InChI is InChI=1S/C25H28F2N8/c1-17(30-16-25(2,26)27)33-21-5-3-4-18(10-21)23-14-29-24-11-19(12-32-35(23)24)20-13-31-34(15-20)22-6-8-28-9-7-22/h3-5,10-15,22,28,30,33H,1,6-9,16H2,2H3. The normalized spacial score (nSPS) is 14.8. The number of piperidine rings is 1. The fourth-order valence-corrected chi connectivity index (χ4v) is 4.23. The first-order chi connectivity index (χ1) is 16.9. The second-order valence-electron chi connectivity index (χ2n) is 8.96. The maximum atomic E-state index is 13.1. The third-order valence-corrected chi connectivity index (χ3v) is 6.04. The van der Waals surface area contributed by atoms with Crippen molar-refractivity contribution < 1.29 is 8.78 Å². The van der Waals surface area contributed by atoms with Gasteiger partial charge in [-0.3, -0.25) is 4.68 Å². The second-order valence-corrected chi connectivity index (χ2v) is 8.96. The van der Waals surface area contributed by atoms with Crippen LogP contribution in [0.5, 0.6) is 0 Å². The Hall–Kier alpha value is -3.79. The zero-order chi connectivity index (χ0) is 24.4. The number of rotatable bonds is 8. The van der Waals surface area contributed by atoms with Crippen molar-refractivity contribution in [3.8, 4) is 22.4 Å². The fraction of sp³-hybridized carbons (Fsp3) is 0.320. The first kappa shape index (κ1) is 23.0. The number of anilines is 1. The minimum absolute atomic E-state index is 0.301. The average molecular weight is 479 g/mol. The summed E-state index contributed by atoms with van der Waals surface area (Å²) >= 11 is 0. The molecule has 10 heteroatoms. The highest BCUT2D eigenvalue weighted by Crippen LogP contribution is 2.27. The summed E-state index contributed by atoms with van der Waals surface area (Å²) in [5, 5.41) is 18.2. The molecule has 1 saturated heterocycles. The number of hydrogen-bond acceptors (Lipinski definition) is 6. The smallest absolute Gasteiger partial charge is 0.262 e. The van der Waals surface area contributed by atoms with Gasteiger partial charge in [0.15, 0.2) is 5.65 Å². The van der Waals surface area contributed by atoms with Gasteiger partial charge in [-0.25, -0.2) is 18.3 Å². The number of aromatic nitrogens is 5. The van der Waals surface area contributed by atoms with Gasteiger partial charge in [-0.2, -0.15) is 10.2 Å². The molecule has 35 heavy (non-hydrogen) atoms. The molecule has 0 bridgehead atoms. The molecule has 1 aromatic carbocycles. The molecule has 0 amide bonds. The van der Waals surface area contributed by atoms with Crippen LogP contribution in [0.4, 0.5) is 14.5 Å². The second kappa shape index (κ2) is 9.46. The van der Waals surface area contributed by atoms with E-state index in [2.05, 4.69) is 48.6 Å². The highest BCUT2D eigenvalue weighted by atomic mass is 19.3. The SMILES string of the molecule is C=C(NCC(C)(F)F)Nc1cccc(-c2cnc3cc(-c4cnn(C5CCNCC5)c4)cnn23)c1. The first-order valence-corrected chi connectivity index (χ1v) is 11.6. The van der Waals surface area contributed by atoms with E-state index in [0.717, 1.165) is 66.6 Å². The molecule has 1 aliphatic rings. The summed E-state index contributed by atoms with van der Waals surface area (Å²) in [5.41, 5.74) is 5.12. The Kier molecular flexibility index (Phi) is 6.21. The van der Waals surface area contributed by atoms with Gasteiger partial charge in [-0.1, -0.05) is 18.7 Å². The zero-order valence-corrected chi connectivity index (χ0v) is 19.5. The maximum absolute atomic E-state index is 13.1. The van der Waals surface area contributed by atoms with Gasteiger partial charge in [0, 0.05) is 35.5 Å². The highest BCUT2D eigenvalue weighted by Gasteiger charge is 2.20. The van der Waals surface area contributed by atoms with Crippen molar-refractivity contribution in [1.82, 2.24) is 35.0 Å². The topological polar surface area (TPSA) is 84.1 Å². The van der Waals surface area contributed by atoms with E-state index in [1.54, 1.807) is 10.7 Å². The van der Waals surface area contributed by atoms with Crippen LogP contribution in [-0.4, -0.2) is 49.9 Å². The number of imidazole rings is 1. The lowest BCUT2D eigenvalue weighted by Crippen LogP contribution is -2.31. The minimum Gasteiger partial charge on any atom is -0.366 e. The Morgan fingerprint density at radius 3 is 2.71 bits per heavy atom. The molecule has 0 unspecified atom stereocenters. The Labute approximate surface area is 202 Å². The number of nitrogens with one attached hydrogen (secondary N) is 3. The molecule has 1 aliphatic heterocycles. The van der Waals surface area contributed by atoms with Crippen LogP contribution in [0.2, 0.25) is 0 Å².